The summed E-state index contributed by atoms with van der Waals surface area (Å²) in [5.41, 5.74) is -2.57. The third kappa shape index (κ3) is 5.66. The first-order valence-corrected chi connectivity index (χ1v) is 11.5. The predicted molar refractivity (Wildman–Crippen MR) is 127 cm³/mol. The molecule has 0 fully saturated rings. The van der Waals surface area contributed by atoms with Crippen LogP contribution in [0.1, 0.15) is 54.2 Å². The van der Waals surface area contributed by atoms with Gasteiger partial charge in [0.05, 0.1) is 37.1 Å². The lowest BCUT2D eigenvalue weighted by atomic mass is 10.0. The highest BCUT2D eigenvalue weighted by Crippen LogP contribution is 2.40. The molecular weight excluding hydrogens is 509 g/mol. The van der Waals surface area contributed by atoms with Gasteiger partial charge in [-0.2, -0.15) is 18.3 Å². The molecule has 4 rings (SSSR count). The third-order valence-electron chi connectivity index (χ3n) is 5.54. The Morgan fingerprint density at radius 3 is 2.37 bits per heavy atom. The van der Waals surface area contributed by atoms with Crippen LogP contribution in [0.3, 0.4) is 0 Å². The van der Waals surface area contributed by atoms with Crippen LogP contribution in [-0.4, -0.2) is 51.0 Å². The minimum atomic E-state index is -4.86. The highest BCUT2D eigenvalue weighted by atomic mass is 19.4. The number of nitrogens with one attached hydrogen (secondary N) is 1. The summed E-state index contributed by atoms with van der Waals surface area (Å²) in [6.45, 7) is 4.31. The topological polar surface area (TPSA) is 116 Å². The fourth-order valence-corrected chi connectivity index (χ4v) is 3.99. The standard InChI is InChI=1S/C25H25F3N4O6/c1-24(2,3)38-23(35)31-12-17-20(18(13-31)37-16-7-5-14(6-8-16)22(34)36-4)32(30-21(17)25(26,27)28)15-9-10-29-19(33)11-15/h5-11,18H,12-13H2,1-4H3,(H,29,33). The lowest BCUT2D eigenvalue weighted by Crippen LogP contribution is -2.43. The Morgan fingerprint density at radius 2 is 1.79 bits per heavy atom. The largest absolute Gasteiger partial charge is 0.482 e. The molecule has 1 unspecified atom stereocenters. The molecule has 2 aromatic heterocycles. The van der Waals surface area contributed by atoms with E-state index in [9.17, 15) is 27.6 Å². The number of carbonyl (C=O) groups excluding carboxylic acids is 2. The Kier molecular flexibility index (Phi) is 6.96. The van der Waals surface area contributed by atoms with E-state index in [0.29, 0.717) is 0 Å². The summed E-state index contributed by atoms with van der Waals surface area (Å²) in [4.78, 5) is 40.1. The molecule has 38 heavy (non-hydrogen) atoms. The van der Waals surface area contributed by atoms with E-state index in [1.54, 1.807) is 20.8 Å². The number of esters is 1. The Labute approximate surface area is 214 Å². The molecule has 0 bridgehead atoms. The molecule has 13 heteroatoms. The maximum Gasteiger partial charge on any atom is 0.435 e. The summed E-state index contributed by atoms with van der Waals surface area (Å²) in [5, 5.41) is 3.80. The summed E-state index contributed by atoms with van der Waals surface area (Å²) in [7, 11) is 1.23. The molecule has 1 aliphatic heterocycles. The minimum absolute atomic E-state index is 0.0276. The highest BCUT2D eigenvalue weighted by molar-refractivity contribution is 5.89. The monoisotopic (exact) mass is 534 g/mol. The molecule has 1 atom stereocenters. The SMILES string of the molecule is COC(=O)c1ccc(OC2CN(C(=O)OC(C)(C)C)Cc3c(C(F)(F)F)nn(-c4cc[nH]c(=O)c4)c32)cc1. The molecule has 0 saturated carbocycles. The molecular formula is C25H25F3N4O6. The van der Waals surface area contributed by atoms with E-state index in [1.807, 2.05) is 0 Å². The van der Waals surface area contributed by atoms with Gasteiger partial charge in [-0.25, -0.2) is 14.3 Å². The number of benzene rings is 1. The van der Waals surface area contributed by atoms with Gasteiger partial charge in [-0.15, -0.1) is 0 Å². The number of hydrogen-bond acceptors (Lipinski definition) is 7. The quantitative estimate of drug-likeness (QED) is 0.498. The molecule has 1 N–H and O–H groups in total. The maximum absolute atomic E-state index is 14.1. The third-order valence-corrected chi connectivity index (χ3v) is 5.54. The number of nitrogens with zero attached hydrogens (tertiary/aromatic N) is 3. The summed E-state index contributed by atoms with van der Waals surface area (Å²) in [5.74, 6) is -0.360. The van der Waals surface area contributed by atoms with Crippen molar-refractivity contribution in [1.82, 2.24) is 19.7 Å². The Bertz CT molecular complexity index is 1410. The zero-order valence-electron chi connectivity index (χ0n) is 21.0. The van der Waals surface area contributed by atoms with Crippen LogP contribution >= 0.6 is 0 Å². The zero-order valence-corrected chi connectivity index (χ0v) is 21.0. The van der Waals surface area contributed by atoms with Gasteiger partial charge in [-0.1, -0.05) is 0 Å². The van der Waals surface area contributed by atoms with Crippen molar-refractivity contribution in [1.29, 1.82) is 0 Å². The van der Waals surface area contributed by atoms with Crippen molar-refractivity contribution < 1.29 is 37.0 Å². The molecule has 0 saturated heterocycles. The number of H-pyrrole nitrogens is 1. The smallest absolute Gasteiger partial charge is 0.435 e. The molecule has 0 aliphatic carbocycles. The Morgan fingerprint density at radius 1 is 1.11 bits per heavy atom. The molecule has 1 amide bonds. The highest BCUT2D eigenvalue weighted by Gasteiger charge is 2.45. The Hall–Kier alpha value is -4.29. The van der Waals surface area contributed by atoms with Gasteiger partial charge in [-0.3, -0.25) is 9.69 Å². The van der Waals surface area contributed by atoms with E-state index in [4.69, 9.17) is 9.47 Å². The number of pyridine rings is 1. The van der Waals surface area contributed by atoms with Gasteiger partial charge in [-0.05, 0) is 51.1 Å². The van der Waals surface area contributed by atoms with Gasteiger partial charge in [0.25, 0.3) is 0 Å². The molecule has 1 aliphatic rings. The number of methoxy groups -OCH3 is 1. The number of amides is 1. The fourth-order valence-electron chi connectivity index (χ4n) is 3.99. The number of ether oxygens (including phenoxy) is 3. The molecule has 0 radical (unpaired) electrons. The van der Waals surface area contributed by atoms with Gasteiger partial charge < -0.3 is 19.2 Å². The number of aromatic amines is 1. The lowest BCUT2D eigenvalue weighted by molar-refractivity contribution is -0.142. The van der Waals surface area contributed by atoms with Crippen LogP contribution in [0.15, 0.2) is 47.4 Å². The van der Waals surface area contributed by atoms with Crippen molar-refractivity contribution in [2.75, 3.05) is 13.7 Å². The average molecular weight is 534 g/mol. The second-order valence-corrected chi connectivity index (χ2v) is 9.52. The number of halogens is 3. The number of aromatic nitrogens is 3. The first-order valence-electron chi connectivity index (χ1n) is 11.5. The lowest BCUT2D eigenvalue weighted by Gasteiger charge is -2.35. The fraction of sp³-hybridized carbons (Fsp3) is 0.360. The molecule has 10 nitrogen and oxygen atoms in total. The van der Waals surface area contributed by atoms with Crippen molar-refractivity contribution in [2.45, 2.75) is 45.2 Å². The van der Waals surface area contributed by atoms with Crippen molar-refractivity contribution in [3.63, 3.8) is 0 Å². The van der Waals surface area contributed by atoms with Gasteiger partial charge in [0, 0.05) is 17.8 Å². The average Bonchev–Trinajstić information content (AvgIpc) is 3.23. The number of fused-ring (bicyclic) bond motifs is 1. The molecule has 202 valence electrons. The van der Waals surface area contributed by atoms with E-state index in [0.717, 1.165) is 15.6 Å². The van der Waals surface area contributed by atoms with Gasteiger partial charge in [0.1, 0.15) is 11.4 Å². The van der Waals surface area contributed by atoms with Crippen molar-refractivity contribution in [2.24, 2.45) is 0 Å². The molecule has 0 spiro atoms. The van der Waals surface area contributed by atoms with E-state index < -0.39 is 47.7 Å². The van der Waals surface area contributed by atoms with Crippen molar-refractivity contribution in [3.8, 4) is 11.4 Å². The van der Waals surface area contributed by atoms with Crippen molar-refractivity contribution >= 4 is 12.1 Å². The molecule has 1 aromatic carbocycles. The first kappa shape index (κ1) is 26.8. The van der Waals surface area contributed by atoms with Crippen LogP contribution in [0.25, 0.3) is 5.69 Å². The number of alkyl halides is 3. The van der Waals surface area contributed by atoms with Crippen LogP contribution in [-0.2, 0) is 22.2 Å². The summed E-state index contributed by atoms with van der Waals surface area (Å²) >= 11 is 0. The summed E-state index contributed by atoms with van der Waals surface area (Å²) < 4.78 is 59.5. The van der Waals surface area contributed by atoms with Crippen LogP contribution < -0.4 is 10.3 Å². The second-order valence-electron chi connectivity index (χ2n) is 9.52. The van der Waals surface area contributed by atoms with Crippen LogP contribution in [0.4, 0.5) is 18.0 Å². The summed E-state index contributed by atoms with van der Waals surface area (Å²) in [6.07, 6.45) is -5.54. The zero-order chi connectivity index (χ0) is 27.8. The normalized spacial score (nSPS) is 15.6. The predicted octanol–water partition coefficient (Wildman–Crippen LogP) is 4.24. The van der Waals surface area contributed by atoms with E-state index in [2.05, 4.69) is 14.8 Å². The van der Waals surface area contributed by atoms with E-state index in [-0.39, 0.29) is 34.8 Å². The maximum atomic E-state index is 14.1. The number of hydrogen-bond donors (Lipinski definition) is 1. The Balaban J connectivity index is 1.83. The number of carbonyl (C=O) groups is 2. The molecule has 3 heterocycles. The van der Waals surface area contributed by atoms with Crippen molar-refractivity contribution in [3.05, 3.63) is 75.5 Å². The second kappa shape index (κ2) is 9.88. The number of rotatable bonds is 4. The van der Waals surface area contributed by atoms with E-state index in [1.165, 1.54) is 43.6 Å². The molecule has 3 aromatic rings. The van der Waals surface area contributed by atoms with E-state index >= 15 is 0 Å². The minimum Gasteiger partial charge on any atom is -0.482 e. The first-order chi connectivity index (χ1) is 17.8. The van der Waals surface area contributed by atoms with Crippen LogP contribution in [0, 0.1) is 0 Å². The van der Waals surface area contributed by atoms with Gasteiger partial charge in [0.15, 0.2) is 11.8 Å². The van der Waals surface area contributed by atoms with Gasteiger partial charge >= 0.3 is 18.2 Å². The van der Waals surface area contributed by atoms with Crippen LogP contribution in [0.5, 0.6) is 5.75 Å². The summed E-state index contributed by atoms with van der Waals surface area (Å²) in [6, 6.07) is 8.29. The van der Waals surface area contributed by atoms with Gasteiger partial charge in [0.2, 0.25) is 5.56 Å². The van der Waals surface area contributed by atoms with Crippen LogP contribution in [0.2, 0.25) is 0 Å².